The standard InChI is InChI=1S/C32H48N2O3/c1-20(2)21(3)8-9-22(4)25-10-11-26-29(25,6)14-13-27-30(7)15-12-24(35)19-31(30)16-17-32(26,27)37-34(31)28-18-23(5)36-33-28/h8-9,16-18,20-22,24-27,35H,10-15,19H2,1-7H3/b9-8+/t21-,22+,24-,25+,26+,27?,29+,30+,31+,32-/m0/s1. The highest BCUT2D eigenvalue weighted by Crippen LogP contribution is 2.73. The molecule has 1 aromatic heterocycles. The van der Waals surface area contributed by atoms with Crippen LogP contribution in [0.2, 0.25) is 0 Å². The number of rotatable bonds is 5. The molecule has 1 aromatic rings. The van der Waals surface area contributed by atoms with Crippen LogP contribution in [0.15, 0.2) is 34.9 Å². The molecule has 3 saturated carbocycles. The molecule has 0 radical (unpaired) electrons. The third-order valence-electron chi connectivity index (χ3n) is 12.2. The molecule has 37 heavy (non-hydrogen) atoms. The van der Waals surface area contributed by atoms with Crippen LogP contribution in [0, 0.1) is 53.3 Å². The molecule has 6 aliphatic rings. The molecule has 0 aromatic carbocycles. The number of anilines is 1. The van der Waals surface area contributed by atoms with Gasteiger partial charge in [0.1, 0.15) is 11.4 Å². The van der Waals surface area contributed by atoms with E-state index in [0.717, 1.165) is 24.4 Å². The van der Waals surface area contributed by atoms with Crippen molar-refractivity contribution < 1.29 is 14.5 Å². The molecule has 5 nitrogen and oxygen atoms in total. The first-order valence-corrected chi connectivity index (χ1v) is 15.0. The normalized spacial score (nSPS) is 46.2. The van der Waals surface area contributed by atoms with E-state index in [0.29, 0.717) is 41.9 Å². The maximum absolute atomic E-state index is 10.9. The van der Waals surface area contributed by atoms with E-state index in [1.165, 1.54) is 25.7 Å². The molecule has 4 fully saturated rings. The fourth-order valence-corrected chi connectivity index (χ4v) is 9.77. The van der Waals surface area contributed by atoms with E-state index in [1.807, 2.05) is 13.0 Å². The molecule has 1 N–H and O–H groups in total. The summed E-state index contributed by atoms with van der Waals surface area (Å²) < 4.78 is 5.55. The molecule has 1 saturated heterocycles. The summed E-state index contributed by atoms with van der Waals surface area (Å²) >= 11 is 0. The number of fused-ring (bicyclic) bond motifs is 2. The second-order valence-electron chi connectivity index (χ2n) is 14.3. The predicted molar refractivity (Wildman–Crippen MR) is 147 cm³/mol. The van der Waals surface area contributed by atoms with Gasteiger partial charge in [-0.25, -0.2) is 5.06 Å². The molecule has 204 valence electrons. The first-order chi connectivity index (χ1) is 17.5. The first kappa shape index (κ1) is 25.7. The number of aliphatic hydroxyl groups is 1. The van der Waals surface area contributed by atoms with Crippen molar-refractivity contribution in [1.82, 2.24) is 5.16 Å². The number of aryl methyl sites for hydroxylation is 1. The van der Waals surface area contributed by atoms with Crippen LogP contribution in [0.3, 0.4) is 0 Å². The zero-order valence-corrected chi connectivity index (χ0v) is 24.0. The number of hydroxylamine groups is 1. The van der Waals surface area contributed by atoms with E-state index in [1.54, 1.807) is 0 Å². The van der Waals surface area contributed by atoms with Gasteiger partial charge in [-0.2, -0.15) is 0 Å². The van der Waals surface area contributed by atoms with Crippen molar-refractivity contribution in [3.05, 3.63) is 36.1 Å². The minimum atomic E-state index is -0.394. The number of hydrogen-bond donors (Lipinski definition) is 1. The maximum atomic E-state index is 10.9. The molecule has 1 unspecified atom stereocenters. The van der Waals surface area contributed by atoms with Gasteiger partial charge in [0.05, 0.1) is 11.6 Å². The SMILES string of the molecule is Cc1cc(N2O[C@]34C=C[C@]25C[C@@H](O)CC[C@]5(C)C3CC[C@]2(C)[C@@H]([C@H](C)/C=C/[C@H](C)C(C)C)CC[C@H]24)no1. The molecule has 5 heteroatoms. The zero-order chi connectivity index (χ0) is 26.4. The van der Waals surface area contributed by atoms with E-state index in [9.17, 15) is 5.11 Å². The highest BCUT2D eigenvalue weighted by Gasteiger charge is 2.75. The van der Waals surface area contributed by atoms with Crippen molar-refractivity contribution in [2.24, 2.45) is 46.3 Å². The van der Waals surface area contributed by atoms with Gasteiger partial charge in [-0.15, -0.1) is 0 Å². The summed E-state index contributed by atoms with van der Waals surface area (Å²) in [4.78, 5) is 7.28. The molecule has 3 heterocycles. The minimum Gasteiger partial charge on any atom is -0.393 e. The van der Waals surface area contributed by atoms with E-state index < -0.39 is 5.54 Å². The number of nitrogens with zero attached hydrogens (tertiary/aromatic N) is 2. The van der Waals surface area contributed by atoms with Crippen LogP contribution in [0.4, 0.5) is 5.82 Å². The van der Waals surface area contributed by atoms with E-state index in [-0.39, 0.29) is 22.5 Å². The lowest BCUT2D eigenvalue weighted by Crippen LogP contribution is -2.79. The molecule has 2 spiro atoms. The van der Waals surface area contributed by atoms with Gasteiger partial charge in [0.25, 0.3) is 0 Å². The summed E-state index contributed by atoms with van der Waals surface area (Å²) in [6, 6.07) is 2.00. The van der Waals surface area contributed by atoms with E-state index in [2.05, 4.69) is 76.1 Å². The van der Waals surface area contributed by atoms with Gasteiger partial charge < -0.3 is 9.63 Å². The lowest BCUT2D eigenvalue weighted by atomic mass is 9.41. The highest BCUT2D eigenvalue weighted by atomic mass is 16.7. The van der Waals surface area contributed by atoms with Crippen LogP contribution in [0.25, 0.3) is 0 Å². The van der Waals surface area contributed by atoms with Gasteiger partial charge in [0, 0.05) is 29.7 Å². The Hall–Kier alpha value is -1.59. The van der Waals surface area contributed by atoms with Gasteiger partial charge in [-0.1, -0.05) is 71.0 Å². The van der Waals surface area contributed by atoms with Gasteiger partial charge in [-0.05, 0) is 74.5 Å². The average molecular weight is 509 g/mol. The largest absolute Gasteiger partial charge is 0.393 e. The Labute approximate surface area is 223 Å². The van der Waals surface area contributed by atoms with Crippen LogP contribution >= 0.6 is 0 Å². The molecule has 4 aliphatic carbocycles. The quantitative estimate of drug-likeness (QED) is 0.424. The first-order valence-electron chi connectivity index (χ1n) is 15.0. The van der Waals surface area contributed by atoms with E-state index >= 15 is 0 Å². The van der Waals surface area contributed by atoms with Crippen LogP contribution in [-0.4, -0.2) is 27.5 Å². The second-order valence-corrected chi connectivity index (χ2v) is 14.3. The van der Waals surface area contributed by atoms with Crippen molar-refractivity contribution in [2.75, 3.05) is 5.06 Å². The Bertz CT molecular complexity index is 1090. The number of aromatic nitrogens is 1. The lowest BCUT2D eigenvalue weighted by Gasteiger charge is -2.73. The van der Waals surface area contributed by atoms with Gasteiger partial charge in [0.15, 0.2) is 5.82 Å². The third kappa shape index (κ3) is 3.38. The molecule has 7 rings (SSSR count). The molecule has 0 amide bonds. The summed E-state index contributed by atoms with van der Waals surface area (Å²) in [5, 5.41) is 17.4. The minimum absolute atomic E-state index is 0.0176. The molecule has 10 atom stereocenters. The second kappa shape index (κ2) is 8.45. The summed E-state index contributed by atoms with van der Waals surface area (Å²) in [6.07, 6.45) is 17.0. The third-order valence-corrected chi connectivity index (χ3v) is 12.2. The van der Waals surface area contributed by atoms with Crippen molar-refractivity contribution in [3.8, 4) is 0 Å². The average Bonchev–Trinajstić information content (AvgIpc) is 3.45. The molecule has 2 bridgehead atoms. The number of allylic oxidation sites excluding steroid dienone is 2. The Morgan fingerprint density at radius 3 is 2.51 bits per heavy atom. The summed E-state index contributed by atoms with van der Waals surface area (Å²) in [7, 11) is 0. The van der Waals surface area contributed by atoms with Crippen LogP contribution in [0.5, 0.6) is 0 Å². The number of aliphatic hydroxyl groups excluding tert-OH is 1. The van der Waals surface area contributed by atoms with Gasteiger partial charge in [-0.3, -0.25) is 4.84 Å². The van der Waals surface area contributed by atoms with Crippen LogP contribution in [-0.2, 0) is 4.84 Å². The smallest absolute Gasteiger partial charge is 0.196 e. The van der Waals surface area contributed by atoms with Crippen LogP contribution in [0.1, 0.15) is 92.2 Å². The van der Waals surface area contributed by atoms with Crippen molar-refractivity contribution >= 4 is 5.82 Å². The fourth-order valence-electron chi connectivity index (χ4n) is 9.77. The summed E-state index contributed by atoms with van der Waals surface area (Å²) in [6.45, 7) is 16.4. The van der Waals surface area contributed by atoms with E-state index in [4.69, 9.17) is 9.36 Å². The Morgan fingerprint density at radius 1 is 1.03 bits per heavy atom. The molecular formula is C32H48N2O3. The van der Waals surface area contributed by atoms with Crippen molar-refractivity contribution in [2.45, 2.75) is 111 Å². The Morgan fingerprint density at radius 2 is 1.81 bits per heavy atom. The van der Waals surface area contributed by atoms with Gasteiger partial charge in [0.2, 0.25) is 0 Å². The lowest BCUT2D eigenvalue weighted by molar-refractivity contribution is -0.273. The summed E-state index contributed by atoms with van der Waals surface area (Å²) in [5.41, 5.74) is -0.472. The fraction of sp³-hybridized carbons (Fsp3) is 0.781. The topological polar surface area (TPSA) is 58.7 Å². The van der Waals surface area contributed by atoms with Crippen molar-refractivity contribution in [3.63, 3.8) is 0 Å². The molecule has 2 aliphatic heterocycles. The molecular weight excluding hydrogens is 460 g/mol. The zero-order valence-electron chi connectivity index (χ0n) is 24.0. The summed E-state index contributed by atoms with van der Waals surface area (Å²) in [5.74, 6) is 4.97. The van der Waals surface area contributed by atoms with Crippen LogP contribution < -0.4 is 5.06 Å². The maximum Gasteiger partial charge on any atom is 0.196 e. The highest BCUT2D eigenvalue weighted by molar-refractivity contribution is 5.50. The number of hydrogen-bond acceptors (Lipinski definition) is 5. The monoisotopic (exact) mass is 508 g/mol. The van der Waals surface area contributed by atoms with Gasteiger partial charge >= 0.3 is 0 Å². The predicted octanol–water partition coefficient (Wildman–Crippen LogP) is 7.26. The Balaban J connectivity index is 1.40. The Kier molecular flexibility index (Phi) is 5.87. The van der Waals surface area contributed by atoms with Crippen molar-refractivity contribution in [1.29, 1.82) is 0 Å².